The summed E-state index contributed by atoms with van der Waals surface area (Å²) in [6.45, 7) is 3.68. The highest BCUT2D eigenvalue weighted by molar-refractivity contribution is 5.93. The summed E-state index contributed by atoms with van der Waals surface area (Å²) in [6, 6.07) is 5.48. The van der Waals surface area contributed by atoms with Crippen molar-refractivity contribution >= 4 is 16.7 Å². The van der Waals surface area contributed by atoms with Gasteiger partial charge in [-0.25, -0.2) is 9.67 Å². The first-order valence-corrected chi connectivity index (χ1v) is 12.4. The number of aryl methyl sites for hydroxylation is 1. The van der Waals surface area contributed by atoms with Crippen LogP contribution in [0.4, 0.5) is 5.82 Å². The number of nitrogens with one attached hydrogen (secondary N) is 1. The second-order valence-corrected chi connectivity index (χ2v) is 9.09. The molecule has 36 heavy (non-hydrogen) atoms. The molecule has 5 rings (SSSR count). The van der Waals surface area contributed by atoms with Gasteiger partial charge in [0.1, 0.15) is 17.6 Å². The van der Waals surface area contributed by atoms with Crippen LogP contribution in [0.25, 0.3) is 22.2 Å². The van der Waals surface area contributed by atoms with Crippen molar-refractivity contribution in [3.05, 3.63) is 47.1 Å². The van der Waals surface area contributed by atoms with Gasteiger partial charge in [-0.3, -0.25) is 14.2 Å². The number of methoxy groups -OCH3 is 1. The molecule has 0 bridgehead atoms. The fourth-order valence-corrected chi connectivity index (χ4v) is 4.75. The molecule has 1 N–H and O–H groups in total. The van der Waals surface area contributed by atoms with Crippen molar-refractivity contribution < 1.29 is 9.47 Å². The number of nitrogens with zero attached hydrogens (tertiary/aromatic N) is 7. The van der Waals surface area contributed by atoms with Crippen LogP contribution in [0.15, 0.2) is 41.6 Å². The molecule has 0 aromatic carbocycles. The average Bonchev–Trinajstić information content (AvgIpc) is 3.48. The zero-order chi connectivity index (χ0) is 25.1. The van der Waals surface area contributed by atoms with Gasteiger partial charge in [0.15, 0.2) is 0 Å². The molecule has 0 amide bonds. The van der Waals surface area contributed by atoms with Crippen molar-refractivity contribution in [1.82, 2.24) is 34.3 Å². The van der Waals surface area contributed by atoms with Gasteiger partial charge in [-0.15, -0.1) is 5.10 Å². The van der Waals surface area contributed by atoms with Gasteiger partial charge < -0.3 is 14.8 Å². The van der Waals surface area contributed by atoms with Crippen molar-refractivity contribution in [3.8, 4) is 17.1 Å². The second kappa shape index (κ2) is 10.5. The van der Waals surface area contributed by atoms with Crippen LogP contribution in [-0.2, 0) is 18.3 Å². The molecule has 4 heterocycles. The Morgan fingerprint density at radius 1 is 1.14 bits per heavy atom. The molecular formula is C25H32N8O3. The summed E-state index contributed by atoms with van der Waals surface area (Å²) in [4.78, 5) is 16.6. The minimum Gasteiger partial charge on any atom is -0.473 e. The molecule has 1 aliphatic carbocycles. The molecule has 11 nitrogen and oxygen atoms in total. The van der Waals surface area contributed by atoms with Crippen LogP contribution in [0.5, 0.6) is 5.88 Å². The highest BCUT2D eigenvalue weighted by Crippen LogP contribution is 2.36. The Bertz CT molecular complexity index is 1380. The Morgan fingerprint density at radius 3 is 2.69 bits per heavy atom. The Labute approximate surface area is 209 Å². The average molecular weight is 493 g/mol. The Kier molecular flexibility index (Phi) is 6.99. The first kappa shape index (κ1) is 24.0. The molecule has 0 spiro atoms. The SMILES string of the molecule is CCNc1cc2c(cn1)c(-c1cnn(C)c1)nn2C1CCC(Oc2ccc(=O)n(CCOC)n2)CC1. The molecule has 0 saturated heterocycles. The number of hydrogen-bond donors (Lipinski definition) is 1. The minimum absolute atomic E-state index is 0.0423. The molecule has 190 valence electrons. The largest absolute Gasteiger partial charge is 0.473 e. The number of ether oxygens (including phenoxy) is 2. The fourth-order valence-electron chi connectivity index (χ4n) is 4.75. The van der Waals surface area contributed by atoms with Gasteiger partial charge in [-0.2, -0.15) is 10.2 Å². The van der Waals surface area contributed by atoms with E-state index in [1.54, 1.807) is 17.9 Å². The van der Waals surface area contributed by atoms with E-state index in [9.17, 15) is 4.79 Å². The Hall–Kier alpha value is -3.73. The third-order valence-electron chi connectivity index (χ3n) is 6.55. The van der Waals surface area contributed by atoms with E-state index < -0.39 is 0 Å². The maximum absolute atomic E-state index is 12.0. The van der Waals surface area contributed by atoms with Crippen LogP contribution >= 0.6 is 0 Å². The van der Waals surface area contributed by atoms with E-state index in [-0.39, 0.29) is 17.7 Å². The summed E-state index contributed by atoms with van der Waals surface area (Å²) in [7, 11) is 3.51. The first-order valence-electron chi connectivity index (χ1n) is 12.4. The number of rotatable bonds is 9. The fraction of sp³-hybridized carbons (Fsp3) is 0.480. The molecular weight excluding hydrogens is 460 g/mol. The van der Waals surface area contributed by atoms with Gasteiger partial charge in [0.25, 0.3) is 5.56 Å². The molecule has 4 aromatic heterocycles. The number of hydrogen-bond acceptors (Lipinski definition) is 8. The van der Waals surface area contributed by atoms with Crippen LogP contribution < -0.4 is 15.6 Å². The predicted octanol–water partition coefficient (Wildman–Crippen LogP) is 3.03. The van der Waals surface area contributed by atoms with Crippen molar-refractivity contribution in [2.75, 3.05) is 25.6 Å². The molecule has 0 unspecified atom stereocenters. The highest BCUT2D eigenvalue weighted by Gasteiger charge is 2.27. The maximum atomic E-state index is 12.0. The lowest BCUT2D eigenvalue weighted by Gasteiger charge is -2.29. The molecule has 1 fully saturated rings. The van der Waals surface area contributed by atoms with E-state index in [0.29, 0.717) is 19.0 Å². The number of aromatic nitrogens is 7. The lowest BCUT2D eigenvalue weighted by molar-refractivity contribution is 0.121. The van der Waals surface area contributed by atoms with E-state index in [2.05, 4.69) is 38.2 Å². The van der Waals surface area contributed by atoms with Crippen molar-refractivity contribution in [1.29, 1.82) is 0 Å². The Morgan fingerprint density at radius 2 is 1.97 bits per heavy atom. The quantitative estimate of drug-likeness (QED) is 0.379. The molecule has 0 aliphatic heterocycles. The number of fused-ring (bicyclic) bond motifs is 1. The van der Waals surface area contributed by atoms with E-state index in [1.807, 2.05) is 25.6 Å². The monoisotopic (exact) mass is 492 g/mol. The van der Waals surface area contributed by atoms with E-state index in [4.69, 9.17) is 14.6 Å². The van der Waals surface area contributed by atoms with Gasteiger partial charge in [0, 0.05) is 62.2 Å². The van der Waals surface area contributed by atoms with Crippen LogP contribution in [0.2, 0.25) is 0 Å². The zero-order valence-electron chi connectivity index (χ0n) is 20.9. The molecule has 4 aromatic rings. The maximum Gasteiger partial charge on any atom is 0.267 e. The summed E-state index contributed by atoms with van der Waals surface area (Å²) < 4.78 is 16.5. The Balaban J connectivity index is 1.35. The van der Waals surface area contributed by atoms with E-state index in [0.717, 1.165) is 60.2 Å². The van der Waals surface area contributed by atoms with Gasteiger partial charge in [-0.1, -0.05) is 0 Å². The molecule has 11 heteroatoms. The summed E-state index contributed by atoms with van der Waals surface area (Å²) in [6.07, 6.45) is 9.36. The molecule has 0 radical (unpaired) electrons. The van der Waals surface area contributed by atoms with Crippen LogP contribution in [0, 0.1) is 0 Å². The third kappa shape index (κ3) is 4.97. The smallest absolute Gasteiger partial charge is 0.267 e. The van der Waals surface area contributed by atoms with Crippen LogP contribution in [0.1, 0.15) is 38.6 Å². The summed E-state index contributed by atoms with van der Waals surface area (Å²) in [5.41, 5.74) is 2.78. The predicted molar refractivity (Wildman–Crippen MR) is 136 cm³/mol. The van der Waals surface area contributed by atoms with Crippen molar-refractivity contribution in [2.24, 2.45) is 7.05 Å². The molecule has 1 saturated carbocycles. The molecule has 0 atom stereocenters. The standard InChI is InChI=1S/C25H32N8O3/c1-4-26-22-13-21-20(15-27-22)25(17-14-28-31(2)16-17)30-33(21)18-5-7-19(8-6-18)36-23-9-10-24(34)32(29-23)11-12-35-3/h9-10,13-16,18-19H,4-8,11-12H2,1-3H3,(H,26,27). The summed E-state index contributed by atoms with van der Waals surface area (Å²) in [5, 5.41) is 18.1. The first-order chi connectivity index (χ1) is 17.6. The van der Waals surface area contributed by atoms with E-state index in [1.165, 1.54) is 10.7 Å². The van der Waals surface area contributed by atoms with Gasteiger partial charge in [0.05, 0.1) is 30.9 Å². The second-order valence-electron chi connectivity index (χ2n) is 9.09. The van der Waals surface area contributed by atoms with Gasteiger partial charge in [-0.05, 0) is 32.6 Å². The lowest BCUT2D eigenvalue weighted by Crippen LogP contribution is -2.29. The zero-order valence-corrected chi connectivity index (χ0v) is 20.9. The van der Waals surface area contributed by atoms with E-state index >= 15 is 0 Å². The minimum atomic E-state index is -0.162. The van der Waals surface area contributed by atoms with Crippen molar-refractivity contribution in [2.45, 2.75) is 51.3 Å². The van der Waals surface area contributed by atoms with Crippen LogP contribution in [-0.4, -0.2) is 60.7 Å². The summed E-state index contributed by atoms with van der Waals surface area (Å²) in [5.74, 6) is 1.31. The number of anilines is 1. The van der Waals surface area contributed by atoms with Crippen LogP contribution in [0.3, 0.4) is 0 Å². The highest BCUT2D eigenvalue weighted by atomic mass is 16.5. The summed E-state index contributed by atoms with van der Waals surface area (Å²) >= 11 is 0. The normalized spacial score (nSPS) is 18.0. The lowest BCUT2D eigenvalue weighted by atomic mass is 9.93. The molecule has 1 aliphatic rings. The van der Waals surface area contributed by atoms with Gasteiger partial charge >= 0.3 is 0 Å². The van der Waals surface area contributed by atoms with Gasteiger partial charge in [0.2, 0.25) is 5.88 Å². The van der Waals surface area contributed by atoms with Crippen molar-refractivity contribution in [3.63, 3.8) is 0 Å². The number of pyridine rings is 1. The topological polar surface area (TPSA) is 114 Å². The third-order valence-corrected chi connectivity index (χ3v) is 6.55.